The van der Waals surface area contributed by atoms with Gasteiger partial charge in [-0.25, -0.2) is 17.9 Å². The van der Waals surface area contributed by atoms with Crippen LogP contribution >= 0.6 is 0 Å². The number of nitrogens with zero attached hydrogens (tertiary/aromatic N) is 3. The molecule has 0 saturated carbocycles. The van der Waals surface area contributed by atoms with Crippen LogP contribution in [0.1, 0.15) is 50.3 Å². The fraction of sp³-hybridized carbons (Fsp3) is 0.300. The molecule has 0 fully saturated rings. The Labute approximate surface area is 178 Å². The topological polar surface area (TPSA) is 146 Å². The quantitative estimate of drug-likeness (QED) is 0.596. The maximum Gasteiger partial charge on any atom is 0.270 e. The first-order chi connectivity index (χ1) is 14.7. The third-order valence-corrected chi connectivity index (χ3v) is 6.97. The molecule has 2 amide bonds. The number of benzene rings is 1. The Morgan fingerprint density at radius 1 is 1.32 bits per heavy atom. The largest absolute Gasteiger partial charge is 0.378 e. The predicted octanol–water partition coefficient (Wildman–Crippen LogP) is 0.932. The van der Waals surface area contributed by atoms with Crippen LogP contribution in [-0.4, -0.2) is 47.7 Å². The molecular formula is C20H21N5O5S. The molecule has 31 heavy (non-hydrogen) atoms. The van der Waals surface area contributed by atoms with Crippen molar-refractivity contribution in [3.63, 3.8) is 0 Å². The fourth-order valence-electron chi connectivity index (χ4n) is 3.81. The van der Waals surface area contributed by atoms with Crippen LogP contribution in [0.2, 0.25) is 0 Å². The van der Waals surface area contributed by atoms with Gasteiger partial charge in [0, 0.05) is 12.8 Å². The molecule has 0 aliphatic carbocycles. The Bertz CT molecular complexity index is 1310. The molecule has 162 valence electrons. The standard InChI is InChI=1S/C20H21N5O5S/c1-11-9-15(25-19(22-11)17(18(21)26)14(24-25)10-30-2)20(27)23-13-7-8-31(28,29)16-6-4-3-5-12(13)16/h3-6,9,13H,7-8,10H2,1-2H3,(H2,21,26)(H,23,27). The predicted molar refractivity (Wildman–Crippen MR) is 110 cm³/mol. The van der Waals surface area contributed by atoms with Gasteiger partial charge in [-0.15, -0.1) is 0 Å². The van der Waals surface area contributed by atoms with Gasteiger partial charge in [0.2, 0.25) is 0 Å². The Morgan fingerprint density at radius 2 is 2.06 bits per heavy atom. The van der Waals surface area contributed by atoms with Gasteiger partial charge < -0.3 is 15.8 Å². The summed E-state index contributed by atoms with van der Waals surface area (Å²) in [5, 5.41) is 7.22. The zero-order valence-corrected chi connectivity index (χ0v) is 17.8. The third kappa shape index (κ3) is 3.66. The summed E-state index contributed by atoms with van der Waals surface area (Å²) < 4.78 is 31.1. The van der Waals surface area contributed by atoms with Crippen LogP contribution in [0.5, 0.6) is 0 Å². The van der Waals surface area contributed by atoms with Gasteiger partial charge >= 0.3 is 0 Å². The van der Waals surface area contributed by atoms with Crippen molar-refractivity contribution in [2.24, 2.45) is 5.73 Å². The fourth-order valence-corrected chi connectivity index (χ4v) is 5.43. The highest BCUT2D eigenvalue weighted by Gasteiger charge is 2.32. The molecular weight excluding hydrogens is 422 g/mol. The lowest BCUT2D eigenvalue weighted by Gasteiger charge is -2.26. The minimum Gasteiger partial charge on any atom is -0.378 e. The Hall–Kier alpha value is -3.31. The molecule has 3 aromatic rings. The van der Waals surface area contributed by atoms with Crippen molar-refractivity contribution in [3.05, 3.63) is 58.5 Å². The number of carbonyl (C=O) groups excluding carboxylic acids is 2. The van der Waals surface area contributed by atoms with Crippen LogP contribution in [0.15, 0.2) is 35.2 Å². The number of rotatable bonds is 5. The lowest BCUT2D eigenvalue weighted by molar-refractivity contribution is 0.0925. The molecule has 0 bridgehead atoms. The summed E-state index contributed by atoms with van der Waals surface area (Å²) in [7, 11) is -1.93. The minimum absolute atomic E-state index is 0.0234. The number of carbonyl (C=O) groups is 2. The highest BCUT2D eigenvalue weighted by Crippen LogP contribution is 2.32. The number of hydrogen-bond donors (Lipinski definition) is 2. The molecule has 3 heterocycles. The van der Waals surface area contributed by atoms with Crippen molar-refractivity contribution in [3.8, 4) is 0 Å². The number of amides is 2. The minimum atomic E-state index is -3.38. The maximum absolute atomic E-state index is 13.2. The van der Waals surface area contributed by atoms with E-state index < -0.39 is 27.7 Å². The van der Waals surface area contributed by atoms with Crippen molar-refractivity contribution in [2.45, 2.75) is 30.9 Å². The molecule has 11 heteroatoms. The molecule has 0 radical (unpaired) electrons. The number of methoxy groups -OCH3 is 1. The lowest BCUT2D eigenvalue weighted by atomic mass is 10.0. The second kappa shape index (κ2) is 7.75. The zero-order valence-electron chi connectivity index (χ0n) is 17.0. The average molecular weight is 443 g/mol. The molecule has 1 aliphatic heterocycles. The van der Waals surface area contributed by atoms with E-state index in [4.69, 9.17) is 10.5 Å². The summed E-state index contributed by atoms with van der Waals surface area (Å²) in [6.45, 7) is 1.71. The first-order valence-corrected chi connectivity index (χ1v) is 11.2. The highest BCUT2D eigenvalue weighted by molar-refractivity contribution is 7.91. The maximum atomic E-state index is 13.2. The van der Waals surface area contributed by atoms with Gasteiger partial charge in [-0.3, -0.25) is 9.59 Å². The Balaban J connectivity index is 1.77. The SMILES string of the molecule is COCc1nn2c(C(=O)NC3CCS(=O)(=O)c4ccccc43)cc(C)nc2c1C(N)=O. The second-order valence-electron chi connectivity index (χ2n) is 7.31. The normalized spacial score (nSPS) is 17.3. The van der Waals surface area contributed by atoms with Crippen LogP contribution in [0.25, 0.3) is 5.65 Å². The molecule has 0 saturated heterocycles. The van der Waals surface area contributed by atoms with E-state index in [-0.39, 0.29) is 46.3 Å². The summed E-state index contributed by atoms with van der Waals surface area (Å²) >= 11 is 0. The van der Waals surface area contributed by atoms with Gasteiger partial charge in [-0.1, -0.05) is 18.2 Å². The van der Waals surface area contributed by atoms with Gasteiger partial charge in [-0.05, 0) is 31.0 Å². The number of sulfone groups is 1. The van der Waals surface area contributed by atoms with E-state index >= 15 is 0 Å². The molecule has 1 atom stereocenters. The lowest BCUT2D eigenvalue weighted by Crippen LogP contribution is -2.35. The number of hydrogen-bond acceptors (Lipinski definition) is 7. The van der Waals surface area contributed by atoms with E-state index in [2.05, 4.69) is 15.4 Å². The molecule has 3 N–H and O–H groups in total. The van der Waals surface area contributed by atoms with E-state index in [0.717, 1.165) is 0 Å². The summed E-state index contributed by atoms with van der Waals surface area (Å²) in [4.78, 5) is 29.7. The van der Waals surface area contributed by atoms with Crippen LogP contribution in [-0.2, 0) is 21.2 Å². The van der Waals surface area contributed by atoms with Gasteiger partial charge in [0.05, 0.1) is 23.3 Å². The monoisotopic (exact) mass is 443 g/mol. The smallest absolute Gasteiger partial charge is 0.270 e. The number of aromatic nitrogens is 3. The van der Waals surface area contributed by atoms with Crippen LogP contribution < -0.4 is 11.1 Å². The van der Waals surface area contributed by atoms with E-state index in [1.165, 1.54) is 11.6 Å². The molecule has 10 nitrogen and oxygen atoms in total. The first-order valence-electron chi connectivity index (χ1n) is 9.53. The van der Waals surface area contributed by atoms with Crippen molar-refractivity contribution in [2.75, 3.05) is 12.9 Å². The van der Waals surface area contributed by atoms with Crippen molar-refractivity contribution >= 4 is 27.3 Å². The Kier molecular flexibility index (Phi) is 5.23. The molecule has 1 unspecified atom stereocenters. The second-order valence-corrected chi connectivity index (χ2v) is 9.39. The number of ether oxygens (including phenoxy) is 1. The number of fused-ring (bicyclic) bond motifs is 2. The Morgan fingerprint density at radius 3 is 2.77 bits per heavy atom. The van der Waals surface area contributed by atoms with Gasteiger partial charge in [0.25, 0.3) is 11.8 Å². The van der Waals surface area contributed by atoms with Crippen molar-refractivity contribution in [1.82, 2.24) is 19.9 Å². The van der Waals surface area contributed by atoms with Crippen LogP contribution in [0.4, 0.5) is 0 Å². The molecule has 2 aromatic heterocycles. The first kappa shape index (κ1) is 20.9. The van der Waals surface area contributed by atoms with Crippen LogP contribution in [0, 0.1) is 6.92 Å². The van der Waals surface area contributed by atoms with E-state index in [9.17, 15) is 18.0 Å². The number of nitrogens with two attached hydrogens (primary N) is 1. The average Bonchev–Trinajstić information content (AvgIpc) is 3.08. The van der Waals surface area contributed by atoms with Crippen molar-refractivity contribution < 1.29 is 22.7 Å². The van der Waals surface area contributed by atoms with Crippen molar-refractivity contribution in [1.29, 1.82) is 0 Å². The summed E-state index contributed by atoms with van der Waals surface area (Å²) in [6, 6.07) is 7.68. The number of nitrogens with one attached hydrogen (secondary N) is 1. The number of primary amides is 1. The summed E-state index contributed by atoms with van der Waals surface area (Å²) in [5.41, 5.74) is 7.23. The third-order valence-electron chi connectivity index (χ3n) is 5.16. The highest BCUT2D eigenvalue weighted by atomic mass is 32.2. The van der Waals surface area contributed by atoms with Crippen LogP contribution in [0.3, 0.4) is 0 Å². The zero-order chi connectivity index (χ0) is 22.3. The van der Waals surface area contributed by atoms with Gasteiger partial charge in [-0.2, -0.15) is 5.10 Å². The van der Waals surface area contributed by atoms with Gasteiger partial charge in [0.15, 0.2) is 15.5 Å². The molecule has 1 aliphatic rings. The summed E-state index contributed by atoms with van der Waals surface area (Å²) in [5.74, 6) is -1.26. The molecule has 1 aromatic carbocycles. The molecule has 4 rings (SSSR count). The van der Waals surface area contributed by atoms with E-state index in [1.807, 2.05) is 0 Å². The number of aryl methyl sites for hydroxylation is 1. The van der Waals surface area contributed by atoms with E-state index in [0.29, 0.717) is 11.3 Å². The summed E-state index contributed by atoms with van der Waals surface area (Å²) in [6.07, 6.45) is 0.249. The van der Waals surface area contributed by atoms with Gasteiger partial charge in [0.1, 0.15) is 17.0 Å². The van der Waals surface area contributed by atoms with E-state index in [1.54, 1.807) is 37.3 Å². The molecule has 0 spiro atoms.